The van der Waals surface area contributed by atoms with Crippen LogP contribution in [-0.4, -0.2) is 62.5 Å². The van der Waals surface area contributed by atoms with E-state index in [9.17, 15) is 0 Å². The van der Waals surface area contributed by atoms with Crippen LogP contribution in [0.3, 0.4) is 0 Å². The van der Waals surface area contributed by atoms with Crippen LogP contribution in [0.1, 0.15) is 27.2 Å². The molecule has 1 unspecified atom stereocenters. The van der Waals surface area contributed by atoms with Gasteiger partial charge in [0.2, 0.25) is 0 Å². The number of nitrogens with zero attached hydrogens (tertiary/aromatic N) is 2. The van der Waals surface area contributed by atoms with Crippen LogP contribution in [0.5, 0.6) is 0 Å². The van der Waals surface area contributed by atoms with E-state index in [4.69, 9.17) is 20.4 Å². The van der Waals surface area contributed by atoms with Gasteiger partial charge < -0.3 is 20.4 Å². The third-order valence-electron chi connectivity index (χ3n) is 3.44. The first-order valence-corrected chi connectivity index (χ1v) is 6.59. The van der Waals surface area contributed by atoms with E-state index in [1.165, 1.54) is 0 Å². The van der Waals surface area contributed by atoms with Gasteiger partial charge in [-0.25, -0.2) is 0 Å². The molecule has 0 amide bonds. The maximum Gasteiger partial charge on any atom is 0.144 e. The summed E-state index contributed by atoms with van der Waals surface area (Å²) in [6.45, 7) is 9.10. The van der Waals surface area contributed by atoms with Crippen LogP contribution in [0.25, 0.3) is 0 Å². The second-order valence-corrected chi connectivity index (χ2v) is 5.45. The van der Waals surface area contributed by atoms with Crippen LogP contribution >= 0.6 is 0 Å². The largest absolute Gasteiger partial charge is 0.409 e. The van der Waals surface area contributed by atoms with Gasteiger partial charge in [-0.05, 0) is 19.9 Å². The van der Waals surface area contributed by atoms with Gasteiger partial charge in [0, 0.05) is 32.2 Å². The minimum absolute atomic E-state index is 0.263. The third-order valence-corrected chi connectivity index (χ3v) is 3.44. The molecule has 3 N–H and O–H groups in total. The zero-order valence-corrected chi connectivity index (χ0v) is 12.8. The average molecular weight is 275 g/mol. The maximum absolute atomic E-state index is 8.78. The monoisotopic (exact) mass is 275 g/mol. The van der Waals surface area contributed by atoms with E-state index in [0.29, 0.717) is 19.3 Å². The lowest BCUT2D eigenvalue weighted by molar-refractivity contribution is 0.0703. The molecule has 0 saturated carbocycles. The summed E-state index contributed by atoms with van der Waals surface area (Å²) in [6, 6.07) is 0.309. The zero-order valence-electron chi connectivity index (χ0n) is 12.8. The smallest absolute Gasteiger partial charge is 0.144 e. The normalized spacial score (nSPS) is 14.9. The van der Waals surface area contributed by atoms with Gasteiger partial charge in [-0.1, -0.05) is 19.0 Å². The van der Waals surface area contributed by atoms with E-state index in [1.54, 1.807) is 14.2 Å². The summed E-state index contributed by atoms with van der Waals surface area (Å²) in [5.41, 5.74) is 5.38. The summed E-state index contributed by atoms with van der Waals surface area (Å²) >= 11 is 0. The highest BCUT2D eigenvalue weighted by Gasteiger charge is 2.25. The lowest BCUT2D eigenvalue weighted by Crippen LogP contribution is -2.42. The third kappa shape index (κ3) is 6.75. The van der Waals surface area contributed by atoms with Gasteiger partial charge in [0.15, 0.2) is 0 Å². The van der Waals surface area contributed by atoms with Crippen molar-refractivity contribution >= 4 is 5.84 Å². The summed E-state index contributed by atoms with van der Waals surface area (Å²) in [5, 5.41) is 11.9. The van der Waals surface area contributed by atoms with E-state index in [2.05, 4.69) is 17.0 Å². The quantitative estimate of drug-likeness (QED) is 0.270. The Morgan fingerprint density at radius 3 is 2.42 bits per heavy atom. The Morgan fingerprint density at radius 2 is 1.95 bits per heavy atom. The summed E-state index contributed by atoms with van der Waals surface area (Å²) in [4.78, 5) is 2.29. The molecule has 0 aromatic carbocycles. The molecule has 0 fully saturated rings. The predicted molar refractivity (Wildman–Crippen MR) is 76.6 cm³/mol. The van der Waals surface area contributed by atoms with Gasteiger partial charge in [0.25, 0.3) is 0 Å². The molecule has 0 aromatic heterocycles. The van der Waals surface area contributed by atoms with E-state index >= 15 is 0 Å². The number of ether oxygens (including phenoxy) is 2. The van der Waals surface area contributed by atoms with Gasteiger partial charge in [-0.3, -0.25) is 4.90 Å². The molecule has 114 valence electrons. The number of hydrogen-bond donors (Lipinski definition) is 2. The average Bonchev–Trinajstić information content (AvgIpc) is 2.37. The first-order valence-electron chi connectivity index (χ1n) is 6.59. The van der Waals surface area contributed by atoms with Crippen molar-refractivity contribution in [3.05, 3.63) is 0 Å². The molecule has 0 aliphatic carbocycles. The molecule has 6 nitrogen and oxygen atoms in total. The second-order valence-electron chi connectivity index (χ2n) is 5.45. The van der Waals surface area contributed by atoms with Crippen molar-refractivity contribution in [3.8, 4) is 0 Å². The first kappa shape index (κ1) is 18.1. The summed E-state index contributed by atoms with van der Waals surface area (Å²) in [6.07, 6.45) is 0.806. The van der Waals surface area contributed by atoms with Crippen molar-refractivity contribution < 1.29 is 14.7 Å². The predicted octanol–water partition coefficient (Wildman–Crippen LogP) is 1.13. The van der Waals surface area contributed by atoms with Crippen molar-refractivity contribution in [1.29, 1.82) is 0 Å². The van der Waals surface area contributed by atoms with Crippen molar-refractivity contribution in [1.82, 2.24) is 4.90 Å². The van der Waals surface area contributed by atoms with Crippen LogP contribution in [0.4, 0.5) is 0 Å². The van der Waals surface area contributed by atoms with Crippen molar-refractivity contribution in [2.45, 2.75) is 33.2 Å². The standard InChI is InChI=1S/C13H29N3O3/c1-11(10-19-5)16(8-9-18-4)7-6-13(2,3)12(14)15-17/h11,17H,6-10H2,1-5H3,(H2,14,15). The first-order chi connectivity index (χ1) is 8.88. The molecule has 0 aliphatic rings. The number of rotatable bonds is 10. The van der Waals surface area contributed by atoms with Gasteiger partial charge in [0.1, 0.15) is 5.84 Å². The van der Waals surface area contributed by atoms with E-state index in [-0.39, 0.29) is 11.3 Å². The van der Waals surface area contributed by atoms with Gasteiger partial charge in [-0.15, -0.1) is 0 Å². The fraction of sp³-hybridized carbons (Fsp3) is 0.923. The van der Waals surface area contributed by atoms with E-state index in [0.717, 1.165) is 19.5 Å². The zero-order chi connectivity index (χ0) is 14.9. The molecule has 0 heterocycles. The Hall–Kier alpha value is -0.850. The lowest BCUT2D eigenvalue weighted by Gasteiger charge is -2.32. The number of methoxy groups -OCH3 is 2. The number of oxime groups is 1. The molecule has 0 rings (SSSR count). The topological polar surface area (TPSA) is 80.3 Å². The van der Waals surface area contributed by atoms with E-state index in [1.807, 2.05) is 13.8 Å². The van der Waals surface area contributed by atoms with Crippen LogP contribution < -0.4 is 5.73 Å². The molecular weight excluding hydrogens is 246 g/mol. The molecule has 19 heavy (non-hydrogen) atoms. The Kier molecular flexibility index (Phi) is 8.71. The molecule has 0 saturated heterocycles. The molecule has 0 radical (unpaired) electrons. The minimum atomic E-state index is -0.327. The molecule has 0 aromatic rings. The van der Waals surface area contributed by atoms with E-state index < -0.39 is 0 Å². The van der Waals surface area contributed by atoms with Crippen molar-refractivity contribution in [3.63, 3.8) is 0 Å². The molecule has 0 spiro atoms. The Balaban J connectivity index is 4.47. The highest BCUT2D eigenvalue weighted by atomic mass is 16.5. The van der Waals surface area contributed by atoms with Crippen molar-refractivity contribution in [2.24, 2.45) is 16.3 Å². The van der Waals surface area contributed by atoms with Gasteiger partial charge >= 0.3 is 0 Å². The summed E-state index contributed by atoms with van der Waals surface area (Å²) < 4.78 is 10.3. The number of amidine groups is 1. The summed E-state index contributed by atoms with van der Waals surface area (Å²) in [7, 11) is 3.39. The van der Waals surface area contributed by atoms with Gasteiger partial charge in [-0.2, -0.15) is 0 Å². The molecule has 0 aliphatic heterocycles. The summed E-state index contributed by atoms with van der Waals surface area (Å²) in [5.74, 6) is 0.263. The van der Waals surface area contributed by atoms with Crippen LogP contribution in [0.15, 0.2) is 5.16 Å². The maximum atomic E-state index is 8.78. The van der Waals surface area contributed by atoms with Crippen LogP contribution in [0.2, 0.25) is 0 Å². The van der Waals surface area contributed by atoms with Gasteiger partial charge in [0.05, 0.1) is 13.2 Å². The molecule has 0 bridgehead atoms. The fourth-order valence-electron chi connectivity index (χ4n) is 1.79. The van der Waals surface area contributed by atoms with Crippen LogP contribution in [0, 0.1) is 5.41 Å². The lowest BCUT2D eigenvalue weighted by atomic mass is 9.87. The Bertz CT molecular complexity index is 270. The molecule has 6 heteroatoms. The highest BCUT2D eigenvalue weighted by Crippen LogP contribution is 2.21. The molecule has 1 atom stereocenters. The fourth-order valence-corrected chi connectivity index (χ4v) is 1.79. The number of nitrogens with two attached hydrogens (primary N) is 1. The van der Waals surface area contributed by atoms with Crippen molar-refractivity contribution in [2.75, 3.05) is 40.5 Å². The highest BCUT2D eigenvalue weighted by molar-refractivity contribution is 5.85. The van der Waals surface area contributed by atoms with Crippen LogP contribution in [-0.2, 0) is 9.47 Å². The Morgan fingerprint density at radius 1 is 1.32 bits per heavy atom. The minimum Gasteiger partial charge on any atom is -0.409 e. The second kappa shape index (κ2) is 9.12. The SMILES string of the molecule is COCCN(CCC(C)(C)C(N)=NO)C(C)COC. The Labute approximate surface area is 116 Å². The number of hydrogen-bond acceptors (Lipinski definition) is 5. The molecular formula is C13H29N3O3.